The number of carbonyl (C=O) groups excluding carboxylic acids is 1. The van der Waals surface area contributed by atoms with E-state index in [1.165, 1.54) is 19.3 Å². The summed E-state index contributed by atoms with van der Waals surface area (Å²) in [6.07, 6.45) is 7.63. The zero-order chi connectivity index (χ0) is 19.3. The van der Waals surface area contributed by atoms with Gasteiger partial charge in [0.05, 0.1) is 22.8 Å². The van der Waals surface area contributed by atoms with Gasteiger partial charge in [0.2, 0.25) is 5.91 Å². The summed E-state index contributed by atoms with van der Waals surface area (Å²) in [5, 5.41) is 7.83. The number of nitrogens with zero attached hydrogens (tertiary/aromatic N) is 3. The van der Waals surface area contributed by atoms with Crippen molar-refractivity contribution in [3.05, 3.63) is 71.5 Å². The zero-order valence-corrected chi connectivity index (χ0v) is 16.4. The molecule has 3 aromatic rings. The Morgan fingerprint density at radius 2 is 1.86 bits per heavy atom. The van der Waals surface area contributed by atoms with Crippen LogP contribution in [0, 0.1) is 0 Å². The second kappa shape index (κ2) is 8.48. The van der Waals surface area contributed by atoms with Gasteiger partial charge in [0.1, 0.15) is 0 Å². The Morgan fingerprint density at radius 1 is 1.07 bits per heavy atom. The minimum absolute atomic E-state index is 0.0615. The van der Waals surface area contributed by atoms with E-state index >= 15 is 0 Å². The summed E-state index contributed by atoms with van der Waals surface area (Å²) in [5.41, 5.74) is 3.69. The normalized spacial score (nSPS) is 14.1. The van der Waals surface area contributed by atoms with Gasteiger partial charge in [0.25, 0.3) is 0 Å². The van der Waals surface area contributed by atoms with E-state index in [0.717, 1.165) is 35.7 Å². The Hall–Kier alpha value is -2.79. The van der Waals surface area contributed by atoms with Gasteiger partial charge in [-0.15, -0.1) is 0 Å². The van der Waals surface area contributed by atoms with Crippen LogP contribution in [-0.4, -0.2) is 28.8 Å². The van der Waals surface area contributed by atoms with Gasteiger partial charge >= 0.3 is 0 Å². The average Bonchev–Trinajstić information content (AvgIpc) is 3.24. The van der Waals surface area contributed by atoms with Crippen molar-refractivity contribution in [2.45, 2.75) is 25.7 Å². The lowest BCUT2D eigenvalue weighted by Crippen LogP contribution is -2.29. The van der Waals surface area contributed by atoms with E-state index in [1.54, 1.807) is 10.9 Å². The molecule has 0 saturated carbocycles. The average molecular weight is 395 g/mol. The van der Waals surface area contributed by atoms with E-state index in [1.807, 2.05) is 54.7 Å². The van der Waals surface area contributed by atoms with Crippen molar-refractivity contribution >= 4 is 28.9 Å². The first-order valence-electron chi connectivity index (χ1n) is 9.62. The van der Waals surface area contributed by atoms with E-state index < -0.39 is 0 Å². The van der Waals surface area contributed by atoms with Crippen LogP contribution in [0.3, 0.4) is 0 Å². The third kappa shape index (κ3) is 4.37. The third-order valence-electron chi connectivity index (χ3n) is 5.00. The van der Waals surface area contributed by atoms with Gasteiger partial charge in [-0.2, -0.15) is 5.10 Å². The number of amides is 1. The van der Waals surface area contributed by atoms with Gasteiger partial charge in [-0.3, -0.25) is 4.79 Å². The highest BCUT2D eigenvalue weighted by Crippen LogP contribution is 2.30. The molecule has 2 heterocycles. The highest BCUT2D eigenvalue weighted by Gasteiger charge is 2.14. The Morgan fingerprint density at radius 3 is 2.54 bits per heavy atom. The summed E-state index contributed by atoms with van der Waals surface area (Å²) in [6.45, 7) is 2.08. The lowest BCUT2D eigenvalue weighted by molar-refractivity contribution is -0.115. The smallest absolute Gasteiger partial charge is 0.228 e. The Kier molecular flexibility index (Phi) is 5.63. The van der Waals surface area contributed by atoms with Crippen molar-refractivity contribution in [1.82, 2.24) is 9.78 Å². The molecular weight excluding hydrogens is 372 g/mol. The SMILES string of the molecule is O=C(Cc1ccc(-n2cccn2)cc1)Nc1ccc(N2CCCCC2)c(Cl)c1. The molecule has 1 fully saturated rings. The number of rotatable bonds is 5. The highest BCUT2D eigenvalue weighted by atomic mass is 35.5. The molecule has 1 amide bonds. The van der Waals surface area contributed by atoms with Crippen molar-refractivity contribution < 1.29 is 4.79 Å². The van der Waals surface area contributed by atoms with Crippen LogP contribution in [0.5, 0.6) is 0 Å². The quantitative estimate of drug-likeness (QED) is 0.682. The number of nitrogens with one attached hydrogen (secondary N) is 1. The minimum atomic E-state index is -0.0615. The second-order valence-electron chi connectivity index (χ2n) is 7.06. The van der Waals surface area contributed by atoms with Gasteiger partial charge in [-0.25, -0.2) is 4.68 Å². The van der Waals surface area contributed by atoms with E-state index in [4.69, 9.17) is 11.6 Å². The molecular formula is C22H23ClN4O. The molecule has 28 heavy (non-hydrogen) atoms. The molecule has 1 aliphatic rings. The van der Waals surface area contributed by atoms with Crippen LogP contribution in [-0.2, 0) is 11.2 Å². The van der Waals surface area contributed by atoms with Crippen LogP contribution in [0.25, 0.3) is 5.69 Å². The maximum atomic E-state index is 12.4. The number of hydrogen-bond donors (Lipinski definition) is 1. The van der Waals surface area contributed by atoms with Crippen LogP contribution in [0.2, 0.25) is 5.02 Å². The number of carbonyl (C=O) groups is 1. The maximum absolute atomic E-state index is 12.4. The largest absolute Gasteiger partial charge is 0.370 e. The number of hydrogen-bond acceptors (Lipinski definition) is 3. The first-order valence-corrected chi connectivity index (χ1v) is 10.0. The number of halogens is 1. The van der Waals surface area contributed by atoms with E-state index in [9.17, 15) is 4.79 Å². The monoisotopic (exact) mass is 394 g/mol. The lowest BCUT2D eigenvalue weighted by atomic mass is 10.1. The van der Waals surface area contributed by atoms with Gasteiger partial charge in [-0.1, -0.05) is 23.7 Å². The number of anilines is 2. The van der Waals surface area contributed by atoms with Crippen molar-refractivity contribution in [1.29, 1.82) is 0 Å². The molecule has 4 rings (SSSR count). The van der Waals surface area contributed by atoms with Crippen LogP contribution >= 0.6 is 11.6 Å². The molecule has 1 saturated heterocycles. The van der Waals surface area contributed by atoms with Crippen molar-refractivity contribution in [3.8, 4) is 5.69 Å². The number of piperidine rings is 1. The molecule has 0 unspecified atom stereocenters. The molecule has 0 spiro atoms. The number of aromatic nitrogens is 2. The third-order valence-corrected chi connectivity index (χ3v) is 5.30. The molecule has 5 nitrogen and oxygen atoms in total. The van der Waals surface area contributed by atoms with Crippen LogP contribution in [0.1, 0.15) is 24.8 Å². The molecule has 2 aromatic carbocycles. The van der Waals surface area contributed by atoms with Crippen molar-refractivity contribution in [2.24, 2.45) is 0 Å². The topological polar surface area (TPSA) is 50.2 Å². The highest BCUT2D eigenvalue weighted by molar-refractivity contribution is 6.33. The lowest BCUT2D eigenvalue weighted by Gasteiger charge is -2.29. The van der Waals surface area contributed by atoms with Gasteiger partial charge < -0.3 is 10.2 Å². The Labute approximate surface area is 169 Å². The molecule has 1 aromatic heterocycles. The summed E-state index contributed by atoms with van der Waals surface area (Å²) >= 11 is 6.47. The van der Waals surface area contributed by atoms with E-state index in [0.29, 0.717) is 11.4 Å². The minimum Gasteiger partial charge on any atom is -0.370 e. The van der Waals surface area contributed by atoms with E-state index in [-0.39, 0.29) is 5.91 Å². The van der Waals surface area contributed by atoms with Gasteiger partial charge in [-0.05, 0) is 61.2 Å². The summed E-state index contributed by atoms with van der Waals surface area (Å²) in [6, 6.07) is 15.5. The predicted molar refractivity (Wildman–Crippen MR) is 113 cm³/mol. The molecule has 1 aliphatic heterocycles. The molecule has 6 heteroatoms. The fourth-order valence-electron chi connectivity index (χ4n) is 3.55. The maximum Gasteiger partial charge on any atom is 0.228 e. The van der Waals surface area contributed by atoms with Gasteiger partial charge in [0.15, 0.2) is 0 Å². The predicted octanol–water partition coefficient (Wildman–Crippen LogP) is 4.70. The zero-order valence-electron chi connectivity index (χ0n) is 15.6. The van der Waals surface area contributed by atoms with Crippen LogP contribution in [0.15, 0.2) is 60.9 Å². The number of benzene rings is 2. The molecule has 0 radical (unpaired) electrons. The van der Waals surface area contributed by atoms with Crippen molar-refractivity contribution in [3.63, 3.8) is 0 Å². The summed E-state index contributed by atoms with van der Waals surface area (Å²) in [4.78, 5) is 14.7. The van der Waals surface area contributed by atoms with Crippen LogP contribution in [0.4, 0.5) is 11.4 Å². The van der Waals surface area contributed by atoms with Gasteiger partial charge in [0, 0.05) is 31.2 Å². The first kappa shape index (κ1) is 18.6. The summed E-state index contributed by atoms with van der Waals surface area (Å²) < 4.78 is 1.79. The fourth-order valence-corrected chi connectivity index (χ4v) is 3.85. The summed E-state index contributed by atoms with van der Waals surface area (Å²) in [7, 11) is 0. The van der Waals surface area contributed by atoms with Crippen LogP contribution < -0.4 is 10.2 Å². The Balaban J connectivity index is 1.37. The second-order valence-corrected chi connectivity index (χ2v) is 7.46. The summed E-state index contributed by atoms with van der Waals surface area (Å²) in [5.74, 6) is -0.0615. The molecule has 144 valence electrons. The first-order chi connectivity index (χ1) is 13.7. The van der Waals surface area contributed by atoms with Crippen molar-refractivity contribution in [2.75, 3.05) is 23.3 Å². The molecule has 0 aliphatic carbocycles. The molecule has 0 bridgehead atoms. The Bertz CT molecular complexity index is 932. The van der Waals surface area contributed by atoms with E-state index in [2.05, 4.69) is 15.3 Å². The fraction of sp³-hybridized carbons (Fsp3) is 0.273. The standard InChI is InChI=1S/C22H23ClN4O/c23-20-16-18(7-10-21(20)26-12-2-1-3-13-26)25-22(28)15-17-5-8-19(9-6-17)27-14-4-11-24-27/h4-11,14,16H,1-3,12-13,15H2,(H,25,28). The molecule has 1 N–H and O–H groups in total. The molecule has 0 atom stereocenters.